The quantitative estimate of drug-likeness (QED) is 0.724. The molecule has 0 aliphatic heterocycles. The van der Waals surface area contributed by atoms with Gasteiger partial charge in [0.15, 0.2) is 0 Å². The third kappa shape index (κ3) is 3.97. The van der Waals surface area contributed by atoms with Gasteiger partial charge in [0.05, 0.1) is 0 Å². The number of hydrogen-bond acceptors (Lipinski definition) is 3. The van der Waals surface area contributed by atoms with E-state index in [0.717, 1.165) is 30.2 Å². The zero-order valence-electron chi connectivity index (χ0n) is 13.3. The molecule has 0 unspecified atom stereocenters. The van der Waals surface area contributed by atoms with Crippen molar-refractivity contribution in [1.29, 1.82) is 0 Å². The Morgan fingerprint density at radius 3 is 2.29 bits per heavy atom. The van der Waals surface area contributed by atoms with Crippen LogP contribution in [0.3, 0.4) is 0 Å². The van der Waals surface area contributed by atoms with Crippen molar-refractivity contribution < 1.29 is 4.42 Å². The zero-order chi connectivity index (χ0) is 15.2. The van der Waals surface area contributed by atoms with Crippen molar-refractivity contribution in [3.05, 3.63) is 53.5 Å². The molecule has 0 saturated heterocycles. The number of benzene rings is 1. The van der Waals surface area contributed by atoms with Gasteiger partial charge in [-0.25, -0.2) is 0 Å². The van der Waals surface area contributed by atoms with Crippen LogP contribution in [0, 0.1) is 6.92 Å². The van der Waals surface area contributed by atoms with Gasteiger partial charge in [-0.2, -0.15) is 0 Å². The third-order valence-corrected chi connectivity index (χ3v) is 3.64. The first kappa shape index (κ1) is 15.4. The predicted molar refractivity (Wildman–Crippen MR) is 89.5 cm³/mol. The highest BCUT2D eigenvalue weighted by Gasteiger charge is 2.06. The molecule has 112 valence electrons. The van der Waals surface area contributed by atoms with Gasteiger partial charge in [-0.15, -0.1) is 0 Å². The fourth-order valence-electron chi connectivity index (χ4n) is 2.31. The smallest absolute Gasteiger partial charge is 0.128 e. The standard InChI is InChI=1S/C18H24N2O/c1-5-20(6-2)17-10-8-16(9-11-17)13-19-15(4)18-12-7-14(3)21-18/h7-13,15H,5-6H2,1-4H3/t15-/m1/s1. The highest BCUT2D eigenvalue weighted by molar-refractivity contribution is 5.80. The number of anilines is 1. The van der Waals surface area contributed by atoms with E-state index in [0.29, 0.717) is 0 Å². The lowest BCUT2D eigenvalue weighted by atomic mass is 10.2. The molecule has 1 aromatic heterocycles. The molecule has 0 fully saturated rings. The Morgan fingerprint density at radius 2 is 1.76 bits per heavy atom. The average molecular weight is 284 g/mol. The molecule has 0 aliphatic carbocycles. The van der Waals surface area contributed by atoms with Gasteiger partial charge in [-0.05, 0) is 57.5 Å². The molecule has 0 spiro atoms. The van der Waals surface area contributed by atoms with Crippen LogP contribution in [-0.2, 0) is 0 Å². The van der Waals surface area contributed by atoms with E-state index in [1.54, 1.807) is 0 Å². The summed E-state index contributed by atoms with van der Waals surface area (Å²) in [5, 5.41) is 0. The van der Waals surface area contributed by atoms with E-state index in [-0.39, 0.29) is 6.04 Å². The lowest BCUT2D eigenvalue weighted by Gasteiger charge is -2.20. The van der Waals surface area contributed by atoms with Crippen LogP contribution < -0.4 is 4.90 Å². The average Bonchev–Trinajstić information content (AvgIpc) is 2.94. The minimum absolute atomic E-state index is 0.0427. The summed E-state index contributed by atoms with van der Waals surface area (Å²) in [5.74, 6) is 1.83. The van der Waals surface area contributed by atoms with E-state index >= 15 is 0 Å². The van der Waals surface area contributed by atoms with Crippen LogP contribution in [-0.4, -0.2) is 19.3 Å². The topological polar surface area (TPSA) is 28.7 Å². The maximum absolute atomic E-state index is 5.59. The van der Waals surface area contributed by atoms with Crippen molar-refractivity contribution >= 4 is 11.9 Å². The van der Waals surface area contributed by atoms with Crippen molar-refractivity contribution in [3.8, 4) is 0 Å². The van der Waals surface area contributed by atoms with Crippen molar-refractivity contribution in [1.82, 2.24) is 0 Å². The normalized spacial score (nSPS) is 12.8. The molecular formula is C18H24N2O. The summed E-state index contributed by atoms with van der Waals surface area (Å²) in [4.78, 5) is 6.89. The van der Waals surface area contributed by atoms with E-state index in [4.69, 9.17) is 4.42 Å². The minimum Gasteiger partial charge on any atom is -0.464 e. The molecule has 0 amide bonds. The molecule has 21 heavy (non-hydrogen) atoms. The van der Waals surface area contributed by atoms with E-state index in [9.17, 15) is 0 Å². The number of aryl methyl sites for hydroxylation is 1. The Morgan fingerprint density at radius 1 is 1.10 bits per heavy atom. The Balaban J connectivity index is 2.04. The largest absolute Gasteiger partial charge is 0.464 e. The Bertz CT molecular complexity index is 580. The molecule has 0 saturated carbocycles. The first-order valence-corrected chi connectivity index (χ1v) is 7.58. The summed E-state index contributed by atoms with van der Waals surface area (Å²) < 4.78 is 5.59. The van der Waals surface area contributed by atoms with Crippen LogP contribution in [0.25, 0.3) is 0 Å². The molecule has 1 atom stereocenters. The van der Waals surface area contributed by atoms with Crippen LogP contribution >= 0.6 is 0 Å². The maximum atomic E-state index is 5.59. The first-order valence-electron chi connectivity index (χ1n) is 7.58. The van der Waals surface area contributed by atoms with E-state index < -0.39 is 0 Å². The molecular weight excluding hydrogens is 260 g/mol. The molecule has 0 radical (unpaired) electrons. The first-order chi connectivity index (χ1) is 10.1. The SMILES string of the molecule is CCN(CC)c1ccc(C=N[C@H](C)c2ccc(C)o2)cc1. The number of furan rings is 1. The van der Waals surface area contributed by atoms with Gasteiger partial charge >= 0.3 is 0 Å². The number of aliphatic imine (C=N–C) groups is 1. The molecule has 3 nitrogen and oxygen atoms in total. The summed E-state index contributed by atoms with van der Waals surface area (Å²) in [6.45, 7) is 10.4. The van der Waals surface area contributed by atoms with Gasteiger partial charge in [0.25, 0.3) is 0 Å². The number of nitrogens with zero attached hydrogens (tertiary/aromatic N) is 2. The second kappa shape index (κ2) is 7.11. The molecule has 2 aromatic rings. The lowest BCUT2D eigenvalue weighted by Crippen LogP contribution is -2.21. The summed E-state index contributed by atoms with van der Waals surface area (Å²) in [6, 6.07) is 12.5. The summed E-state index contributed by atoms with van der Waals surface area (Å²) in [6.07, 6.45) is 1.91. The third-order valence-electron chi connectivity index (χ3n) is 3.64. The molecule has 0 aliphatic rings. The lowest BCUT2D eigenvalue weighted by molar-refractivity contribution is 0.459. The Labute approximate surface area is 127 Å². The van der Waals surface area contributed by atoms with E-state index in [1.807, 2.05) is 32.2 Å². The minimum atomic E-state index is 0.0427. The monoisotopic (exact) mass is 284 g/mol. The second-order valence-electron chi connectivity index (χ2n) is 5.17. The van der Waals surface area contributed by atoms with Gasteiger partial charge in [-0.3, -0.25) is 4.99 Å². The number of rotatable bonds is 6. The highest BCUT2D eigenvalue weighted by Crippen LogP contribution is 2.19. The van der Waals surface area contributed by atoms with Gasteiger partial charge < -0.3 is 9.32 Å². The van der Waals surface area contributed by atoms with Crippen LogP contribution in [0.5, 0.6) is 0 Å². The summed E-state index contributed by atoms with van der Waals surface area (Å²) in [7, 11) is 0. The van der Waals surface area contributed by atoms with Gasteiger partial charge in [0, 0.05) is 25.0 Å². The fraction of sp³-hybridized carbons (Fsp3) is 0.389. The van der Waals surface area contributed by atoms with Gasteiger partial charge in [-0.1, -0.05) is 12.1 Å². The van der Waals surface area contributed by atoms with Crippen molar-refractivity contribution in [3.63, 3.8) is 0 Å². The zero-order valence-corrected chi connectivity index (χ0v) is 13.3. The Hall–Kier alpha value is -2.03. The molecule has 2 rings (SSSR count). The van der Waals surface area contributed by atoms with Crippen molar-refractivity contribution in [2.24, 2.45) is 4.99 Å². The highest BCUT2D eigenvalue weighted by atomic mass is 16.3. The molecule has 0 N–H and O–H groups in total. The van der Waals surface area contributed by atoms with E-state index in [1.165, 1.54) is 5.69 Å². The van der Waals surface area contributed by atoms with Crippen molar-refractivity contribution in [2.45, 2.75) is 33.7 Å². The fourth-order valence-corrected chi connectivity index (χ4v) is 2.31. The van der Waals surface area contributed by atoms with Crippen LogP contribution in [0.15, 0.2) is 45.8 Å². The van der Waals surface area contributed by atoms with Crippen molar-refractivity contribution in [2.75, 3.05) is 18.0 Å². The van der Waals surface area contributed by atoms with Crippen LogP contribution in [0.1, 0.15) is 43.9 Å². The summed E-state index contributed by atoms with van der Waals surface area (Å²) in [5.41, 5.74) is 2.37. The van der Waals surface area contributed by atoms with E-state index in [2.05, 4.69) is 48.0 Å². The molecule has 0 bridgehead atoms. The maximum Gasteiger partial charge on any atom is 0.128 e. The molecule has 1 heterocycles. The Kier molecular flexibility index (Phi) is 5.20. The molecule has 3 heteroatoms. The van der Waals surface area contributed by atoms with Crippen LogP contribution in [0.2, 0.25) is 0 Å². The summed E-state index contributed by atoms with van der Waals surface area (Å²) >= 11 is 0. The predicted octanol–water partition coefficient (Wildman–Crippen LogP) is 4.61. The second-order valence-corrected chi connectivity index (χ2v) is 5.17. The number of hydrogen-bond donors (Lipinski definition) is 0. The molecule has 1 aromatic carbocycles. The van der Waals surface area contributed by atoms with Gasteiger partial charge in [0.2, 0.25) is 0 Å². The van der Waals surface area contributed by atoms with Crippen LogP contribution in [0.4, 0.5) is 5.69 Å². The van der Waals surface area contributed by atoms with Gasteiger partial charge in [0.1, 0.15) is 17.6 Å².